The maximum absolute atomic E-state index is 9.72. The highest BCUT2D eigenvalue weighted by Gasteiger charge is 2.07. The van der Waals surface area contributed by atoms with Crippen molar-refractivity contribution in [1.82, 2.24) is 5.32 Å². The highest BCUT2D eigenvalue weighted by molar-refractivity contribution is 4.65. The highest BCUT2D eigenvalue weighted by Crippen LogP contribution is 2.05. The van der Waals surface area contributed by atoms with E-state index >= 15 is 0 Å². The Kier molecular flexibility index (Phi) is 13.2. The van der Waals surface area contributed by atoms with Gasteiger partial charge in [-0.2, -0.15) is 0 Å². The van der Waals surface area contributed by atoms with Gasteiger partial charge in [0.1, 0.15) is 0 Å². The molecule has 0 aromatic heterocycles. The Bertz CT molecular complexity index is 147. The van der Waals surface area contributed by atoms with Crippen molar-refractivity contribution in [1.29, 1.82) is 0 Å². The van der Waals surface area contributed by atoms with Gasteiger partial charge in [0.15, 0.2) is 0 Å². The number of nitrogens with one attached hydrogen (secondary N) is 1. The lowest BCUT2D eigenvalue weighted by molar-refractivity contribution is 0.0347. The Morgan fingerprint density at radius 1 is 1.06 bits per heavy atom. The fourth-order valence-corrected chi connectivity index (χ4v) is 1.84. The molecule has 0 saturated carbocycles. The van der Waals surface area contributed by atoms with Crippen LogP contribution in [0.15, 0.2) is 0 Å². The molecule has 3 heteroatoms. The summed E-state index contributed by atoms with van der Waals surface area (Å²) >= 11 is 0. The summed E-state index contributed by atoms with van der Waals surface area (Å²) in [6, 6.07) is 0.493. The van der Waals surface area contributed by atoms with Gasteiger partial charge in [0.2, 0.25) is 0 Å². The topological polar surface area (TPSA) is 41.5 Å². The molecule has 0 rings (SSSR count). The number of ether oxygens (including phenoxy) is 1. The van der Waals surface area contributed by atoms with Crippen LogP contribution in [0.2, 0.25) is 0 Å². The van der Waals surface area contributed by atoms with Gasteiger partial charge in [-0.15, -0.1) is 0 Å². The molecule has 0 aliphatic heterocycles. The maximum Gasteiger partial charge on any atom is 0.0897 e. The van der Waals surface area contributed by atoms with Gasteiger partial charge < -0.3 is 15.2 Å². The van der Waals surface area contributed by atoms with Crippen molar-refractivity contribution >= 4 is 0 Å². The summed E-state index contributed by atoms with van der Waals surface area (Å²) in [5.74, 6) is 0. The van der Waals surface area contributed by atoms with Crippen LogP contribution in [0.5, 0.6) is 0 Å². The molecule has 0 fully saturated rings. The van der Waals surface area contributed by atoms with E-state index in [1.165, 1.54) is 32.1 Å². The van der Waals surface area contributed by atoms with Crippen LogP contribution >= 0.6 is 0 Å². The molecule has 2 atom stereocenters. The monoisotopic (exact) mass is 259 g/mol. The van der Waals surface area contributed by atoms with Crippen molar-refractivity contribution in [2.24, 2.45) is 0 Å². The largest absolute Gasteiger partial charge is 0.389 e. The number of hydrogen-bond donors (Lipinski definition) is 2. The van der Waals surface area contributed by atoms with Crippen molar-refractivity contribution in [2.75, 3.05) is 19.8 Å². The van der Waals surface area contributed by atoms with Crippen molar-refractivity contribution in [2.45, 2.75) is 77.9 Å². The van der Waals surface area contributed by atoms with Crippen LogP contribution in [0.25, 0.3) is 0 Å². The molecule has 2 N–H and O–H groups in total. The van der Waals surface area contributed by atoms with E-state index in [4.69, 9.17) is 4.74 Å². The molecule has 0 saturated heterocycles. The van der Waals surface area contributed by atoms with Crippen molar-refractivity contribution in [3.63, 3.8) is 0 Å². The third-order valence-corrected chi connectivity index (χ3v) is 3.15. The summed E-state index contributed by atoms with van der Waals surface area (Å²) in [7, 11) is 0. The van der Waals surface area contributed by atoms with E-state index in [0.717, 1.165) is 19.4 Å². The van der Waals surface area contributed by atoms with Crippen LogP contribution in [0.1, 0.15) is 65.7 Å². The van der Waals surface area contributed by atoms with E-state index in [0.29, 0.717) is 19.2 Å². The Labute approximate surface area is 113 Å². The molecule has 0 heterocycles. The van der Waals surface area contributed by atoms with Crippen molar-refractivity contribution in [3.05, 3.63) is 0 Å². The average Bonchev–Trinajstić information content (AvgIpc) is 2.37. The van der Waals surface area contributed by atoms with Gasteiger partial charge in [-0.1, -0.05) is 46.0 Å². The predicted molar refractivity (Wildman–Crippen MR) is 78.0 cm³/mol. The molecule has 0 aromatic rings. The first kappa shape index (κ1) is 17.9. The molecule has 0 spiro atoms. The first-order chi connectivity index (χ1) is 8.70. The normalized spacial score (nSPS) is 14.7. The minimum Gasteiger partial charge on any atom is -0.389 e. The third-order valence-electron chi connectivity index (χ3n) is 3.15. The highest BCUT2D eigenvalue weighted by atomic mass is 16.5. The first-order valence-electron chi connectivity index (χ1n) is 7.69. The molecular formula is C15H33NO2. The molecule has 0 bridgehead atoms. The van der Waals surface area contributed by atoms with E-state index < -0.39 is 0 Å². The van der Waals surface area contributed by atoms with E-state index in [1.807, 2.05) is 0 Å². The zero-order chi connectivity index (χ0) is 13.6. The zero-order valence-electron chi connectivity index (χ0n) is 12.6. The van der Waals surface area contributed by atoms with E-state index in [2.05, 4.69) is 26.1 Å². The summed E-state index contributed by atoms with van der Waals surface area (Å²) in [4.78, 5) is 0. The van der Waals surface area contributed by atoms with Crippen molar-refractivity contribution in [3.8, 4) is 0 Å². The maximum atomic E-state index is 9.72. The first-order valence-corrected chi connectivity index (χ1v) is 7.69. The molecule has 2 unspecified atom stereocenters. The number of hydrogen-bond acceptors (Lipinski definition) is 3. The minimum atomic E-state index is -0.375. The third kappa shape index (κ3) is 12.3. The fraction of sp³-hybridized carbons (Fsp3) is 1.00. The number of unbranched alkanes of at least 4 members (excludes halogenated alkanes) is 4. The molecule has 18 heavy (non-hydrogen) atoms. The lowest BCUT2D eigenvalue weighted by atomic mass is 10.1. The Balaban J connectivity index is 3.32. The van der Waals surface area contributed by atoms with Crippen molar-refractivity contribution < 1.29 is 9.84 Å². The van der Waals surface area contributed by atoms with Crippen LogP contribution in [0.3, 0.4) is 0 Å². The van der Waals surface area contributed by atoms with Gasteiger partial charge in [-0.05, 0) is 19.8 Å². The Hall–Kier alpha value is -0.120. The van der Waals surface area contributed by atoms with Gasteiger partial charge in [0.25, 0.3) is 0 Å². The smallest absolute Gasteiger partial charge is 0.0897 e. The number of aliphatic hydroxyl groups is 1. The Morgan fingerprint density at radius 3 is 2.44 bits per heavy atom. The molecular weight excluding hydrogens is 226 g/mol. The van der Waals surface area contributed by atoms with Crippen LogP contribution in [0, 0.1) is 0 Å². The molecule has 0 aromatic carbocycles. The molecule has 0 radical (unpaired) electrons. The van der Waals surface area contributed by atoms with Gasteiger partial charge in [-0.3, -0.25) is 0 Å². The van der Waals surface area contributed by atoms with Gasteiger partial charge in [0, 0.05) is 19.2 Å². The predicted octanol–water partition coefficient (Wildman–Crippen LogP) is 3.11. The lowest BCUT2D eigenvalue weighted by Gasteiger charge is -2.17. The molecule has 0 amide bonds. The van der Waals surface area contributed by atoms with E-state index in [9.17, 15) is 5.11 Å². The average molecular weight is 259 g/mol. The minimum absolute atomic E-state index is 0.375. The summed E-state index contributed by atoms with van der Waals surface area (Å²) in [6.45, 7) is 8.42. The second kappa shape index (κ2) is 13.3. The molecule has 0 aliphatic rings. The standard InChI is InChI=1S/C15H33NO2/c1-4-6-8-9-10-14(3)16-12-15(17)13-18-11-7-5-2/h14-17H,4-13H2,1-3H3. The molecule has 110 valence electrons. The van der Waals surface area contributed by atoms with Crippen LogP contribution in [0.4, 0.5) is 0 Å². The number of aliphatic hydroxyl groups excluding tert-OH is 1. The van der Waals surface area contributed by atoms with Crippen LogP contribution in [-0.4, -0.2) is 37.0 Å². The van der Waals surface area contributed by atoms with E-state index in [1.54, 1.807) is 0 Å². The summed E-state index contributed by atoms with van der Waals surface area (Å²) in [5, 5.41) is 13.1. The SMILES string of the molecule is CCCCCCC(C)NCC(O)COCCCC. The summed E-state index contributed by atoms with van der Waals surface area (Å²) in [6.07, 6.45) is 8.27. The summed E-state index contributed by atoms with van der Waals surface area (Å²) in [5.41, 5.74) is 0. The molecule has 3 nitrogen and oxygen atoms in total. The van der Waals surface area contributed by atoms with Gasteiger partial charge in [-0.25, -0.2) is 0 Å². The summed E-state index contributed by atoms with van der Waals surface area (Å²) < 4.78 is 5.39. The van der Waals surface area contributed by atoms with Crippen LogP contribution in [-0.2, 0) is 4.74 Å². The zero-order valence-corrected chi connectivity index (χ0v) is 12.6. The molecule has 0 aliphatic carbocycles. The van der Waals surface area contributed by atoms with Gasteiger partial charge in [0.05, 0.1) is 12.7 Å². The second-order valence-electron chi connectivity index (χ2n) is 5.24. The van der Waals surface area contributed by atoms with Gasteiger partial charge >= 0.3 is 0 Å². The van der Waals surface area contributed by atoms with Crippen LogP contribution < -0.4 is 5.32 Å². The number of rotatable bonds is 13. The Morgan fingerprint density at radius 2 is 1.78 bits per heavy atom. The quantitative estimate of drug-likeness (QED) is 0.499. The fourth-order valence-electron chi connectivity index (χ4n) is 1.84. The lowest BCUT2D eigenvalue weighted by Crippen LogP contribution is -2.36. The second-order valence-corrected chi connectivity index (χ2v) is 5.24. The van der Waals surface area contributed by atoms with E-state index in [-0.39, 0.29) is 6.10 Å².